The normalized spacial score (nSPS) is 10.6. The summed E-state index contributed by atoms with van der Waals surface area (Å²) in [5.41, 5.74) is 1.23. The fraction of sp³-hybridized carbons (Fsp3) is 0.333. The second-order valence-corrected chi connectivity index (χ2v) is 4.79. The van der Waals surface area contributed by atoms with Crippen LogP contribution in [0.25, 0.3) is 0 Å². The van der Waals surface area contributed by atoms with Crippen molar-refractivity contribution >= 4 is 17.4 Å². The topological polar surface area (TPSA) is 38.2 Å². The Labute approximate surface area is 124 Å². The molecule has 0 saturated heterocycles. The number of hydrogen-bond donors (Lipinski definition) is 0. The van der Waals surface area contributed by atoms with Gasteiger partial charge in [-0.2, -0.15) is 0 Å². The number of benzene rings is 1. The van der Waals surface area contributed by atoms with Gasteiger partial charge >= 0.3 is 0 Å². The molecule has 0 unspecified atom stereocenters. The van der Waals surface area contributed by atoms with Crippen LogP contribution < -0.4 is 4.90 Å². The Morgan fingerprint density at radius 3 is 2.60 bits per heavy atom. The van der Waals surface area contributed by atoms with E-state index in [1.165, 1.54) is 5.56 Å². The summed E-state index contributed by atoms with van der Waals surface area (Å²) >= 11 is 6.06. The molecule has 0 bridgehead atoms. The molecule has 0 aliphatic rings. The first-order chi connectivity index (χ1) is 9.72. The number of nitrogens with zero attached hydrogens (tertiary/aromatic N) is 3. The Balaban J connectivity index is 2.22. The van der Waals surface area contributed by atoms with Gasteiger partial charge in [0.15, 0.2) is 5.82 Å². The zero-order valence-corrected chi connectivity index (χ0v) is 12.5. The van der Waals surface area contributed by atoms with E-state index in [0.717, 1.165) is 18.9 Å². The van der Waals surface area contributed by atoms with Gasteiger partial charge in [-0.05, 0) is 12.5 Å². The van der Waals surface area contributed by atoms with Crippen molar-refractivity contribution in [1.82, 2.24) is 9.97 Å². The molecular formula is C15H18ClN3O. The van der Waals surface area contributed by atoms with Crippen LogP contribution in [-0.4, -0.2) is 23.6 Å². The molecular weight excluding hydrogens is 274 g/mol. The van der Waals surface area contributed by atoms with E-state index in [9.17, 15) is 0 Å². The number of halogens is 1. The summed E-state index contributed by atoms with van der Waals surface area (Å²) in [4.78, 5) is 10.8. The minimum absolute atomic E-state index is 0.358. The Morgan fingerprint density at radius 1 is 1.20 bits per heavy atom. The molecule has 1 aromatic heterocycles. The summed E-state index contributed by atoms with van der Waals surface area (Å²) in [5, 5.41) is 0.438. The third-order valence-corrected chi connectivity index (χ3v) is 3.12. The monoisotopic (exact) mass is 291 g/mol. The van der Waals surface area contributed by atoms with E-state index in [1.807, 2.05) is 18.2 Å². The summed E-state index contributed by atoms with van der Waals surface area (Å²) in [6.45, 7) is 4.08. The van der Waals surface area contributed by atoms with Crippen molar-refractivity contribution in [2.75, 3.05) is 18.6 Å². The predicted octanol–water partition coefficient (Wildman–Crippen LogP) is 3.30. The van der Waals surface area contributed by atoms with Crippen LogP contribution in [0.1, 0.15) is 18.3 Å². The highest BCUT2D eigenvalue weighted by Gasteiger charge is 2.10. The van der Waals surface area contributed by atoms with Crippen LogP contribution >= 0.6 is 11.6 Å². The SMILES string of the molecule is CCN(Cc1ccccc1)c1cc(Cl)nc(COC)n1. The average molecular weight is 292 g/mol. The minimum Gasteiger partial charge on any atom is -0.377 e. The molecule has 0 atom stereocenters. The summed E-state index contributed by atoms with van der Waals surface area (Å²) in [6, 6.07) is 12.1. The van der Waals surface area contributed by atoms with Crippen LogP contribution in [-0.2, 0) is 17.9 Å². The lowest BCUT2D eigenvalue weighted by Crippen LogP contribution is -2.23. The van der Waals surface area contributed by atoms with E-state index in [2.05, 4.69) is 33.9 Å². The Bertz CT molecular complexity index is 548. The number of aromatic nitrogens is 2. The third-order valence-electron chi connectivity index (χ3n) is 2.92. The first-order valence-electron chi connectivity index (χ1n) is 6.54. The van der Waals surface area contributed by atoms with Gasteiger partial charge in [0.05, 0.1) is 0 Å². The lowest BCUT2D eigenvalue weighted by atomic mass is 10.2. The van der Waals surface area contributed by atoms with E-state index < -0.39 is 0 Å². The number of anilines is 1. The van der Waals surface area contributed by atoms with Gasteiger partial charge in [-0.15, -0.1) is 0 Å². The molecule has 0 aliphatic carbocycles. The van der Waals surface area contributed by atoms with Crippen molar-refractivity contribution in [3.63, 3.8) is 0 Å². The van der Waals surface area contributed by atoms with Gasteiger partial charge in [0.25, 0.3) is 0 Å². The zero-order chi connectivity index (χ0) is 14.4. The average Bonchev–Trinajstić information content (AvgIpc) is 2.45. The highest BCUT2D eigenvalue weighted by Crippen LogP contribution is 2.18. The minimum atomic E-state index is 0.358. The number of hydrogen-bond acceptors (Lipinski definition) is 4. The highest BCUT2D eigenvalue weighted by atomic mass is 35.5. The largest absolute Gasteiger partial charge is 0.377 e. The lowest BCUT2D eigenvalue weighted by molar-refractivity contribution is 0.178. The maximum Gasteiger partial charge on any atom is 0.158 e. The second kappa shape index (κ2) is 7.22. The van der Waals surface area contributed by atoms with Gasteiger partial charge in [0.1, 0.15) is 17.6 Å². The molecule has 0 N–H and O–H groups in total. The molecule has 1 aromatic carbocycles. The van der Waals surface area contributed by atoms with E-state index in [1.54, 1.807) is 13.2 Å². The first-order valence-corrected chi connectivity index (χ1v) is 6.92. The summed E-state index contributed by atoms with van der Waals surface area (Å²) in [7, 11) is 1.62. The molecule has 5 heteroatoms. The Kier molecular flexibility index (Phi) is 5.32. The zero-order valence-electron chi connectivity index (χ0n) is 11.7. The van der Waals surface area contributed by atoms with Crippen LogP contribution in [0.3, 0.4) is 0 Å². The summed E-state index contributed by atoms with van der Waals surface area (Å²) in [5.74, 6) is 1.42. The van der Waals surface area contributed by atoms with Crippen LogP contribution in [0.2, 0.25) is 5.15 Å². The molecule has 0 fully saturated rings. The molecule has 1 heterocycles. The molecule has 20 heavy (non-hydrogen) atoms. The van der Waals surface area contributed by atoms with Crippen molar-refractivity contribution in [2.24, 2.45) is 0 Å². The number of ether oxygens (including phenoxy) is 1. The Morgan fingerprint density at radius 2 is 1.95 bits per heavy atom. The van der Waals surface area contributed by atoms with Crippen molar-refractivity contribution in [3.05, 3.63) is 52.9 Å². The fourth-order valence-corrected chi connectivity index (χ4v) is 2.16. The molecule has 2 rings (SSSR count). The van der Waals surface area contributed by atoms with Gasteiger partial charge in [-0.25, -0.2) is 9.97 Å². The standard InChI is InChI=1S/C15H18ClN3O/c1-3-19(10-12-7-5-4-6-8-12)15-9-13(16)17-14(18-15)11-20-2/h4-9H,3,10-11H2,1-2H3. The van der Waals surface area contributed by atoms with Crippen molar-refractivity contribution in [3.8, 4) is 0 Å². The van der Waals surface area contributed by atoms with Crippen molar-refractivity contribution in [2.45, 2.75) is 20.1 Å². The van der Waals surface area contributed by atoms with Gasteiger partial charge in [0, 0.05) is 26.3 Å². The maximum absolute atomic E-state index is 6.06. The smallest absolute Gasteiger partial charge is 0.158 e. The number of rotatable bonds is 6. The quantitative estimate of drug-likeness (QED) is 0.766. The van der Waals surface area contributed by atoms with Crippen LogP contribution in [0.15, 0.2) is 36.4 Å². The van der Waals surface area contributed by atoms with Crippen molar-refractivity contribution < 1.29 is 4.74 Å². The van der Waals surface area contributed by atoms with Gasteiger partial charge in [-0.3, -0.25) is 0 Å². The fourth-order valence-electron chi connectivity index (χ4n) is 1.97. The molecule has 0 saturated carbocycles. The maximum atomic E-state index is 6.06. The molecule has 2 aromatic rings. The summed E-state index contributed by atoms with van der Waals surface area (Å²) < 4.78 is 5.07. The van der Waals surface area contributed by atoms with Crippen LogP contribution in [0, 0.1) is 0 Å². The molecule has 0 radical (unpaired) electrons. The summed E-state index contributed by atoms with van der Waals surface area (Å²) in [6.07, 6.45) is 0. The lowest BCUT2D eigenvalue weighted by Gasteiger charge is -2.22. The molecule has 0 amide bonds. The molecule has 0 aliphatic heterocycles. The molecule has 106 valence electrons. The van der Waals surface area contributed by atoms with E-state index >= 15 is 0 Å². The molecule has 0 spiro atoms. The first kappa shape index (κ1) is 14.8. The van der Waals surface area contributed by atoms with E-state index in [4.69, 9.17) is 16.3 Å². The highest BCUT2D eigenvalue weighted by molar-refractivity contribution is 6.29. The second-order valence-electron chi connectivity index (χ2n) is 4.40. The van der Waals surface area contributed by atoms with Gasteiger partial charge in [0.2, 0.25) is 0 Å². The predicted molar refractivity (Wildman–Crippen MR) is 80.9 cm³/mol. The van der Waals surface area contributed by atoms with Gasteiger partial charge in [-0.1, -0.05) is 41.9 Å². The van der Waals surface area contributed by atoms with Crippen LogP contribution in [0.4, 0.5) is 5.82 Å². The number of methoxy groups -OCH3 is 1. The molecule has 4 nitrogen and oxygen atoms in total. The third kappa shape index (κ3) is 3.92. The van der Waals surface area contributed by atoms with Crippen LogP contribution in [0.5, 0.6) is 0 Å². The van der Waals surface area contributed by atoms with Crippen molar-refractivity contribution in [1.29, 1.82) is 0 Å². The Hall–Kier alpha value is -1.65. The van der Waals surface area contributed by atoms with E-state index in [0.29, 0.717) is 17.6 Å². The van der Waals surface area contributed by atoms with E-state index in [-0.39, 0.29) is 0 Å². The van der Waals surface area contributed by atoms with Gasteiger partial charge < -0.3 is 9.64 Å².